The molecular weight excluding hydrogens is 350 g/mol. The molecule has 0 aliphatic carbocycles. The summed E-state index contributed by atoms with van der Waals surface area (Å²) in [7, 11) is 0. The van der Waals surface area contributed by atoms with Crippen molar-refractivity contribution in [3.63, 3.8) is 0 Å². The molecule has 1 amide bonds. The van der Waals surface area contributed by atoms with Gasteiger partial charge in [0.15, 0.2) is 4.67 Å². The third-order valence-corrected chi connectivity index (χ3v) is 3.85. The molecule has 0 atom stereocenters. The average Bonchev–Trinajstić information content (AvgIpc) is 2.71. The zero-order valence-electron chi connectivity index (χ0n) is 8.96. The van der Waals surface area contributed by atoms with Gasteiger partial charge < -0.3 is 9.73 Å². The van der Waals surface area contributed by atoms with Gasteiger partial charge in [0.2, 0.25) is 0 Å². The quantitative estimate of drug-likeness (QED) is 0.866. The van der Waals surface area contributed by atoms with Gasteiger partial charge in [-0.3, -0.25) is 4.79 Å². The van der Waals surface area contributed by atoms with E-state index in [1.807, 2.05) is 25.1 Å². The molecule has 0 saturated heterocycles. The number of furan rings is 1. The van der Waals surface area contributed by atoms with Crippen LogP contribution in [0.5, 0.6) is 0 Å². The Hall–Kier alpha value is -1.07. The Morgan fingerprint density at radius 3 is 2.71 bits per heavy atom. The van der Waals surface area contributed by atoms with Crippen LogP contribution in [0.3, 0.4) is 0 Å². The molecule has 3 nitrogen and oxygen atoms in total. The smallest absolute Gasteiger partial charge is 0.260 e. The largest absolute Gasteiger partial charge is 0.457 e. The summed E-state index contributed by atoms with van der Waals surface area (Å²) in [5, 5.41) is 2.84. The molecule has 1 N–H and O–H groups in total. The molecule has 2 rings (SSSR count). The number of nitrogens with one attached hydrogen (secondary N) is 1. The predicted molar refractivity (Wildman–Crippen MR) is 73.2 cm³/mol. The van der Waals surface area contributed by atoms with Crippen LogP contribution in [0.4, 0.5) is 5.69 Å². The average molecular weight is 359 g/mol. The SMILES string of the molecule is Cc1c(Br)cccc1NC(=O)c1ccoc1Br. The fraction of sp³-hybridized carbons (Fsp3) is 0.0833. The second-order valence-electron chi connectivity index (χ2n) is 3.47. The molecule has 0 bridgehead atoms. The molecule has 0 aliphatic rings. The molecule has 1 aromatic heterocycles. The first-order chi connectivity index (χ1) is 8.09. The Kier molecular flexibility index (Phi) is 3.69. The lowest BCUT2D eigenvalue weighted by atomic mass is 10.2. The molecule has 17 heavy (non-hydrogen) atoms. The number of halogens is 2. The molecule has 0 fully saturated rings. The Morgan fingerprint density at radius 1 is 1.29 bits per heavy atom. The molecule has 0 spiro atoms. The summed E-state index contributed by atoms with van der Waals surface area (Å²) < 4.78 is 6.42. The standard InChI is InChI=1S/C12H9Br2NO2/c1-7-9(13)3-2-4-10(7)15-12(16)8-5-6-17-11(8)14/h2-6H,1H3,(H,15,16). The summed E-state index contributed by atoms with van der Waals surface area (Å²) >= 11 is 6.60. The molecule has 5 heteroatoms. The number of hydrogen-bond donors (Lipinski definition) is 1. The van der Waals surface area contributed by atoms with Gasteiger partial charge in [0.05, 0.1) is 11.8 Å². The molecular formula is C12H9Br2NO2. The van der Waals surface area contributed by atoms with E-state index in [9.17, 15) is 4.79 Å². The highest BCUT2D eigenvalue weighted by molar-refractivity contribution is 9.10. The molecule has 1 heterocycles. The summed E-state index contributed by atoms with van der Waals surface area (Å²) in [5.41, 5.74) is 2.24. The normalized spacial score (nSPS) is 10.3. The Bertz CT molecular complexity index is 563. The van der Waals surface area contributed by atoms with Crippen molar-refractivity contribution < 1.29 is 9.21 Å². The van der Waals surface area contributed by atoms with Crippen molar-refractivity contribution in [2.75, 3.05) is 5.32 Å². The van der Waals surface area contributed by atoms with E-state index >= 15 is 0 Å². The van der Waals surface area contributed by atoms with Crippen molar-refractivity contribution in [3.8, 4) is 0 Å². The lowest BCUT2D eigenvalue weighted by Gasteiger charge is -2.08. The fourth-order valence-corrected chi connectivity index (χ4v) is 2.17. The van der Waals surface area contributed by atoms with Gasteiger partial charge in [-0.15, -0.1) is 0 Å². The molecule has 0 radical (unpaired) electrons. The first kappa shape index (κ1) is 12.4. The lowest BCUT2D eigenvalue weighted by molar-refractivity contribution is 0.102. The van der Waals surface area contributed by atoms with Crippen LogP contribution in [0.15, 0.2) is 44.1 Å². The lowest BCUT2D eigenvalue weighted by Crippen LogP contribution is -2.12. The van der Waals surface area contributed by atoms with Crippen LogP contribution in [0.1, 0.15) is 15.9 Å². The highest BCUT2D eigenvalue weighted by Crippen LogP contribution is 2.25. The van der Waals surface area contributed by atoms with Crippen LogP contribution in [0, 0.1) is 6.92 Å². The second kappa shape index (κ2) is 5.06. The third kappa shape index (κ3) is 2.61. The maximum absolute atomic E-state index is 11.9. The van der Waals surface area contributed by atoms with Gasteiger partial charge in [0, 0.05) is 10.2 Å². The number of carbonyl (C=O) groups excluding carboxylic acids is 1. The van der Waals surface area contributed by atoms with Gasteiger partial charge in [-0.1, -0.05) is 22.0 Å². The minimum atomic E-state index is -0.202. The molecule has 0 saturated carbocycles. The number of rotatable bonds is 2. The second-order valence-corrected chi connectivity index (χ2v) is 5.05. The highest BCUT2D eigenvalue weighted by Gasteiger charge is 2.13. The Balaban J connectivity index is 2.25. The van der Waals surface area contributed by atoms with Crippen LogP contribution in [0.2, 0.25) is 0 Å². The molecule has 0 aliphatic heterocycles. The van der Waals surface area contributed by atoms with Crippen LogP contribution >= 0.6 is 31.9 Å². The van der Waals surface area contributed by atoms with Crippen LogP contribution in [-0.2, 0) is 0 Å². The minimum Gasteiger partial charge on any atom is -0.457 e. The molecule has 1 aromatic carbocycles. The number of carbonyl (C=O) groups is 1. The maximum Gasteiger partial charge on any atom is 0.260 e. The van der Waals surface area contributed by atoms with Gasteiger partial charge in [0.25, 0.3) is 5.91 Å². The van der Waals surface area contributed by atoms with E-state index in [2.05, 4.69) is 37.2 Å². The van der Waals surface area contributed by atoms with Gasteiger partial charge in [-0.25, -0.2) is 0 Å². The predicted octanol–water partition coefficient (Wildman–Crippen LogP) is 4.37. The number of hydrogen-bond acceptors (Lipinski definition) is 2. The van der Waals surface area contributed by atoms with E-state index in [0.717, 1.165) is 15.7 Å². The summed E-state index contributed by atoms with van der Waals surface area (Å²) in [6, 6.07) is 7.27. The van der Waals surface area contributed by atoms with E-state index in [-0.39, 0.29) is 5.91 Å². The van der Waals surface area contributed by atoms with Crippen LogP contribution < -0.4 is 5.32 Å². The zero-order valence-corrected chi connectivity index (χ0v) is 12.1. The van der Waals surface area contributed by atoms with Crippen LogP contribution in [-0.4, -0.2) is 5.91 Å². The monoisotopic (exact) mass is 357 g/mol. The fourth-order valence-electron chi connectivity index (χ4n) is 1.39. The van der Waals surface area contributed by atoms with E-state index < -0.39 is 0 Å². The highest BCUT2D eigenvalue weighted by atomic mass is 79.9. The van der Waals surface area contributed by atoms with Gasteiger partial charge in [-0.2, -0.15) is 0 Å². The zero-order chi connectivity index (χ0) is 12.4. The minimum absolute atomic E-state index is 0.202. The van der Waals surface area contributed by atoms with Crippen molar-refractivity contribution in [3.05, 3.63) is 50.8 Å². The van der Waals surface area contributed by atoms with E-state index in [1.165, 1.54) is 6.26 Å². The third-order valence-electron chi connectivity index (χ3n) is 2.38. The first-order valence-corrected chi connectivity index (χ1v) is 6.47. The first-order valence-electron chi connectivity index (χ1n) is 4.89. The molecule has 88 valence electrons. The molecule has 2 aromatic rings. The van der Waals surface area contributed by atoms with Crippen LogP contribution in [0.25, 0.3) is 0 Å². The van der Waals surface area contributed by atoms with Crippen molar-refractivity contribution in [2.45, 2.75) is 6.92 Å². The summed E-state index contributed by atoms with van der Waals surface area (Å²) in [6.45, 7) is 1.93. The van der Waals surface area contributed by atoms with E-state index in [4.69, 9.17) is 4.42 Å². The van der Waals surface area contributed by atoms with Gasteiger partial charge in [-0.05, 0) is 46.6 Å². The summed E-state index contributed by atoms with van der Waals surface area (Å²) in [4.78, 5) is 11.9. The Morgan fingerprint density at radius 2 is 2.06 bits per heavy atom. The van der Waals surface area contributed by atoms with Gasteiger partial charge >= 0.3 is 0 Å². The maximum atomic E-state index is 11.9. The van der Waals surface area contributed by atoms with E-state index in [0.29, 0.717) is 10.2 Å². The molecule has 0 unspecified atom stereocenters. The topological polar surface area (TPSA) is 42.2 Å². The van der Waals surface area contributed by atoms with Crippen molar-refractivity contribution >= 4 is 43.5 Å². The van der Waals surface area contributed by atoms with Crippen molar-refractivity contribution in [1.29, 1.82) is 0 Å². The Labute approximate surface area is 115 Å². The van der Waals surface area contributed by atoms with Crippen molar-refractivity contribution in [1.82, 2.24) is 0 Å². The summed E-state index contributed by atoms with van der Waals surface area (Å²) in [5.74, 6) is -0.202. The van der Waals surface area contributed by atoms with E-state index in [1.54, 1.807) is 6.07 Å². The number of anilines is 1. The number of benzene rings is 1. The summed E-state index contributed by atoms with van der Waals surface area (Å²) in [6.07, 6.45) is 1.47. The van der Waals surface area contributed by atoms with Gasteiger partial charge in [0.1, 0.15) is 0 Å². The van der Waals surface area contributed by atoms with Crippen molar-refractivity contribution in [2.24, 2.45) is 0 Å². The number of amides is 1.